The second-order valence-corrected chi connectivity index (χ2v) is 6.97. The Balaban J connectivity index is 1.95. The summed E-state index contributed by atoms with van der Waals surface area (Å²) in [7, 11) is 0. The topological polar surface area (TPSA) is 44.1 Å². The number of hydrogen-bond acceptors (Lipinski definition) is 3. The summed E-state index contributed by atoms with van der Waals surface area (Å²) >= 11 is 12.1. The van der Waals surface area contributed by atoms with Crippen LogP contribution < -0.4 is 4.74 Å². The van der Waals surface area contributed by atoms with Gasteiger partial charge in [-0.15, -0.1) is 0 Å². The van der Waals surface area contributed by atoms with Crippen molar-refractivity contribution in [3.63, 3.8) is 0 Å². The molecule has 0 bridgehead atoms. The Kier molecular flexibility index (Phi) is 5.64. The van der Waals surface area contributed by atoms with Gasteiger partial charge in [-0.05, 0) is 37.6 Å². The fraction of sp³-hybridized carbons (Fsp3) is 0.200. The quantitative estimate of drug-likeness (QED) is 0.517. The van der Waals surface area contributed by atoms with Crippen LogP contribution in [-0.4, -0.2) is 15.6 Å². The number of ether oxygens (including phenoxy) is 1. The van der Waals surface area contributed by atoms with Crippen LogP contribution in [0.3, 0.4) is 0 Å². The lowest BCUT2D eigenvalue weighted by Gasteiger charge is -2.14. The van der Waals surface area contributed by atoms with Gasteiger partial charge in [-0.25, -0.2) is 4.68 Å². The van der Waals surface area contributed by atoms with Gasteiger partial charge in [0.25, 0.3) is 0 Å². The third kappa shape index (κ3) is 3.92. The summed E-state index contributed by atoms with van der Waals surface area (Å²) in [6.07, 6.45) is 1.52. The van der Waals surface area contributed by atoms with E-state index in [0.717, 1.165) is 5.56 Å². The molecule has 26 heavy (non-hydrogen) atoms. The summed E-state index contributed by atoms with van der Waals surface area (Å²) in [4.78, 5) is 13.0. The SMILES string of the molecule is CC(C)n1ncc(C(=O)c2ccc(Cl)cc2Cl)c1OCc1ccccc1. The van der Waals surface area contributed by atoms with Crippen LogP contribution in [0.2, 0.25) is 10.0 Å². The number of halogens is 2. The lowest BCUT2D eigenvalue weighted by molar-refractivity contribution is 0.103. The molecule has 0 amide bonds. The fourth-order valence-corrected chi connectivity index (χ4v) is 3.06. The number of carbonyl (C=O) groups is 1. The van der Waals surface area contributed by atoms with Crippen LogP contribution in [-0.2, 0) is 6.61 Å². The Bertz CT molecular complexity index is 921. The van der Waals surface area contributed by atoms with Crippen molar-refractivity contribution in [1.82, 2.24) is 9.78 Å². The van der Waals surface area contributed by atoms with Gasteiger partial charge in [-0.3, -0.25) is 4.79 Å². The maximum Gasteiger partial charge on any atom is 0.223 e. The molecule has 0 aliphatic rings. The molecular formula is C20H18Cl2N2O2. The highest BCUT2D eigenvalue weighted by atomic mass is 35.5. The molecule has 3 rings (SSSR count). The molecule has 2 aromatic carbocycles. The molecule has 0 aliphatic heterocycles. The normalized spacial score (nSPS) is 11.0. The summed E-state index contributed by atoms with van der Waals surface area (Å²) in [5, 5.41) is 5.10. The first-order valence-electron chi connectivity index (χ1n) is 8.21. The monoisotopic (exact) mass is 388 g/mol. The van der Waals surface area contributed by atoms with Crippen molar-refractivity contribution >= 4 is 29.0 Å². The van der Waals surface area contributed by atoms with Crippen molar-refractivity contribution in [2.45, 2.75) is 26.5 Å². The van der Waals surface area contributed by atoms with Crippen molar-refractivity contribution in [1.29, 1.82) is 0 Å². The van der Waals surface area contributed by atoms with Crippen LogP contribution in [0, 0.1) is 0 Å². The van der Waals surface area contributed by atoms with Crippen molar-refractivity contribution in [3.8, 4) is 5.88 Å². The second-order valence-electron chi connectivity index (χ2n) is 6.13. The smallest absolute Gasteiger partial charge is 0.223 e. The molecule has 0 fully saturated rings. The Morgan fingerprint density at radius 3 is 2.50 bits per heavy atom. The highest BCUT2D eigenvalue weighted by molar-refractivity contribution is 6.37. The number of nitrogens with zero attached hydrogens (tertiary/aromatic N) is 2. The van der Waals surface area contributed by atoms with Crippen LogP contribution in [0.25, 0.3) is 0 Å². The molecule has 0 saturated heterocycles. The lowest BCUT2D eigenvalue weighted by atomic mass is 10.1. The molecule has 1 aromatic heterocycles. The maximum absolute atomic E-state index is 13.0. The van der Waals surface area contributed by atoms with Crippen LogP contribution in [0.5, 0.6) is 5.88 Å². The Hall–Kier alpha value is -2.30. The lowest BCUT2D eigenvalue weighted by Crippen LogP contribution is -2.10. The van der Waals surface area contributed by atoms with Crippen LogP contribution >= 0.6 is 23.2 Å². The molecule has 0 aliphatic carbocycles. The van der Waals surface area contributed by atoms with E-state index in [1.807, 2.05) is 44.2 Å². The molecule has 3 aromatic rings. The molecule has 4 nitrogen and oxygen atoms in total. The molecule has 6 heteroatoms. The summed E-state index contributed by atoms with van der Waals surface area (Å²) < 4.78 is 7.67. The number of carbonyl (C=O) groups excluding carboxylic acids is 1. The van der Waals surface area contributed by atoms with E-state index in [4.69, 9.17) is 27.9 Å². The second kappa shape index (κ2) is 7.94. The highest BCUT2D eigenvalue weighted by Crippen LogP contribution is 2.29. The molecule has 1 heterocycles. The van der Waals surface area contributed by atoms with Crippen LogP contribution in [0.15, 0.2) is 54.7 Å². The fourth-order valence-electron chi connectivity index (χ4n) is 2.56. The average Bonchev–Trinajstić information content (AvgIpc) is 3.04. The van der Waals surface area contributed by atoms with Crippen molar-refractivity contribution in [2.24, 2.45) is 0 Å². The predicted octanol–water partition coefficient (Wildman–Crippen LogP) is 5.58. The Morgan fingerprint density at radius 1 is 1.12 bits per heavy atom. The third-order valence-electron chi connectivity index (χ3n) is 3.88. The van der Waals surface area contributed by atoms with Gasteiger partial charge in [0.1, 0.15) is 12.2 Å². The van der Waals surface area contributed by atoms with Gasteiger partial charge in [0.15, 0.2) is 0 Å². The molecule has 0 N–H and O–H groups in total. The standard InChI is InChI=1S/C20H18Cl2N2O2/c1-13(2)24-20(26-12-14-6-4-3-5-7-14)17(11-23-24)19(25)16-9-8-15(21)10-18(16)22/h3-11,13H,12H2,1-2H3. The van der Waals surface area contributed by atoms with E-state index < -0.39 is 0 Å². The average molecular weight is 389 g/mol. The zero-order valence-corrected chi connectivity index (χ0v) is 16.0. The van der Waals surface area contributed by atoms with Gasteiger partial charge in [-0.2, -0.15) is 5.10 Å². The van der Waals surface area contributed by atoms with Gasteiger partial charge in [0.05, 0.1) is 17.3 Å². The van der Waals surface area contributed by atoms with E-state index in [0.29, 0.717) is 33.7 Å². The Morgan fingerprint density at radius 2 is 1.85 bits per heavy atom. The number of hydrogen-bond donors (Lipinski definition) is 0. The number of aromatic nitrogens is 2. The van der Waals surface area contributed by atoms with Crippen molar-refractivity contribution < 1.29 is 9.53 Å². The molecule has 0 unspecified atom stereocenters. The van der Waals surface area contributed by atoms with Gasteiger partial charge in [0.2, 0.25) is 11.7 Å². The minimum absolute atomic E-state index is 0.0445. The first-order valence-corrected chi connectivity index (χ1v) is 8.97. The van der Waals surface area contributed by atoms with Gasteiger partial charge in [-0.1, -0.05) is 53.5 Å². The highest BCUT2D eigenvalue weighted by Gasteiger charge is 2.23. The van der Waals surface area contributed by atoms with Crippen molar-refractivity contribution in [2.75, 3.05) is 0 Å². The minimum atomic E-state index is -0.248. The zero-order chi connectivity index (χ0) is 18.7. The molecule has 0 saturated carbocycles. The van der Waals surface area contributed by atoms with Crippen LogP contribution in [0.4, 0.5) is 0 Å². The molecule has 134 valence electrons. The summed E-state index contributed by atoms with van der Waals surface area (Å²) in [5.74, 6) is 0.182. The number of benzene rings is 2. The van der Waals surface area contributed by atoms with Crippen molar-refractivity contribution in [3.05, 3.63) is 81.5 Å². The Labute approximate surface area is 162 Å². The summed E-state index contributed by atoms with van der Waals surface area (Å²) in [6, 6.07) is 14.6. The number of ketones is 1. The first-order chi connectivity index (χ1) is 12.5. The third-order valence-corrected chi connectivity index (χ3v) is 4.43. The maximum atomic E-state index is 13.0. The molecular weight excluding hydrogens is 371 g/mol. The van der Waals surface area contributed by atoms with Gasteiger partial charge >= 0.3 is 0 Å². The summed E-state index contributed by atoms with van der Waals surface area (Å²) in [6.45, 7) is 4.30. The van der Waals surface area contributed by atoms with E-state index in [-0.39, 0.29) is 11.8 Å². The molecule has 0 spiro atoms. The first kappa shape index (κ1) is 18.5. The van der Waals surface area contributed by atoms with Gasteiger partial charge < -0.3 is 4.74 Å². The van der Waals surface area contributed by atoms with E-state index in [2.05, 4.69) is 5.10 Å². The van der Waals surface area contributed by atoms with E-state index in [1.165, 1.54) is 6.20 Å². The molecule has 0 radical (unpaired) electrons. The van der Waals surface area contributed by atoms with Crippen LogP contribution in [0.1, 0.15) is 41.4 Å². The predicted molar refractivity (Wildman–Crippen MR) is 103 cm³/mol. The largest absolute Gasteiger partial charge is 0.472 e. The van der Waals surface area contributed by atoms with E-state index in [9.17, 15) is 4.79 Å². The van der Waals surface area contributed by atoms with E-state index in [1.54, 1.807) is 22.9 Å². The number of rotatable bonds is 6. The molecule has 0 atom stereocenters. The zero-order valence-electron chi connectivity index (χ0n) is 14.4. The van der Waals surface area contributed by atoms with E-state index >= 15 is 0 Å². The summed E-state index contributed by atoms with van der Waals surface area (Å²) in [5.41, 5.74) is 1.75. The minimum Gasteiger partial charge on any atom is -0.472 e. The van der Waals surface area contributed by atoms with Gasteiger partial charge in [0, 0.05) is 10.6 Å².